The second-order valence-electron chi connectivity index (χ2n) is 7.30. The topological polar surface area (TPSA) is 116 Å². The highest BCUT2D eigenvalue weighted by Gasteiger charge is 2.44. The largest absolute Gasteiger partial charge is 0.394 e. The fourth-order valence-corrected chi connectivity index (χ4v) is 4.13. The third-order valence-electron chi connectivity index (χ3n) is 5.48. The summed E-state index contributed by atoms with van der Waals surface area (Å²) in [5, 5.41) is 40.1. The summed E-state index contributed by atoms with van der Waals surface area (Å²) in [6.07, 6.45) is -4.79. The van der Waals surface area contributed by atoms with E-state index in [1.165, 1.54) is 7.11 Å². The Hall–Kier alpha value is -1.06. The van der Waals surface area contributed by atoms with Crippen LogP contribution in [0.4, 0.5) is 0 Å². The molecule has 1 aromatic carbocycles. The first-order valence-electron chi connectivity index (χ1n) is 9.00. The first-order chi connectivity index (χ1) is 12.8. The Morgan fingerprint density at radius 1 is 1.22 bits per heavy atom. The first kappa shape index (κ1) is 20.7. The molecule has 1 heterocycles. The van der Waals surface area contributed by atoms with Gasteiger partial charge in [0, 0.05) is 18.6 Å². The van der Waals surface area contributed by atoms with Crippen LogP contribution in [0.15, 0.2) is 18.2 Å². The van der Waals surface area contributed by atoms with Crippen LogP contribution in [0.1, 0.15) is 30.1 Å². The second-order valence-corrected chi connectivity index (χ2v) is 7.71. The number of ether oxygens (including phenoxy) is 2. The van der Waals surface area contributed by atoms with Gasteiger partial charge in [-0.25, -0.2) is 0 Å². The lowest BCUT2D eigenvalue weighted by atomic mass is 9.89. The molecule has 2 fully saturated rings. The number of carbonyl (C=O) groups excluding carboxylic acids is 1. The van der Waals surface area contributed by atoms with Crippen LogP contribution in [0.3, 0.4) is 0 Å². The monoisotopic (exact) mass is 400 g/mol. The van der Waals surface area contributed by atoms with Crippen LogP contribution in [0.2, 0.25) is 5.02 Å². The van der Waals surface area contributed by atoms with Crippen LogP contribution in [0.5, 0.6) is 0 Å². The molecular weight excluding hydrogens is 376 g/mol. The number of benzene rings is 1. The maximum atomic E-state index is 11.9. The Labute approximate surface area is 162 Å². The van der Waals surface area contributed by atoms with Crippen LogP contribution in [-0.2, 0) is 20.7 Å². The smallest absolute Gasteiger partial charge is 0.161 e. The van der Waals surface area contributed by atoms with Gasteiger partial charge in [0.1, 0.15) is 36.6 Å². The van der Waals surface area contributed by atoms with E-state index in [0.717, 1.165) is 5.56 Å². The van der Waals surface area contributed by atoms with E-state index in [4.69, 9.17) is 21.1 Å². The number of hydrogen-bond donors (Lipinski definition) is 4. The number of methoxy groups -OCH3 is 1. The van der Waals surface area contributed by atoms with Gasteiger partial charge in [0.25, 0.3) is 0 Å². The minimum absolute atomic E-state index is 0.0868. The summed E-state index contributed by atoms with van der Waals surface area (Å²) in [6, 6.07) is 5.13. The van der Waals surface area contributed by atoms with E-state index in [-0.39, 0.29) is 17.8 Å². The van der Waals surface area contributed by atoms with E-state index >= 15 is 0 Å². The number of halogens is 1. The highest BCUT2D eigenvalue weighted by Crippen LogP contribution is 2.36. The summed E-state index contributed by atoms with van der Waals surface area (Å²) in [5.74, 6) is 0.203. The summed E-state index contributed by atoms with van der Waals surface area (Å²) >= 11 is 6.32. The number of aliphatic hydroxyl groups is 4. The van der Waals surface area contributed by atoms with Gasteiger partial charge in [-0.1, -0.05) is 23.7 Å². The van der Waals surface area contributed by atoms with Gasteiger partial charge in [0.05, 0.1) is 6.61 Å². The van der Waals surface area contributed by atoms with Gasteiger partial charge in [-0.15, -0.1) is 0 Å². The lowest BCUT2D eigenvalue weighted by Gasteiger charge is -2.40. The minimum atomic E-state index is -1.44. The van der Waals surface area contributed by atoms with Crippen LogP contribution in [-0.4, -0.2) is 70.4 Å². The molecule has 8 heteroatoms. The predicted octanol–water partition coefficient (Wildman–Crippen LogP) is 0.391. The molecule has 2 unspecified atom stereocenters. The van der Waals surface area contributed by atoms with E-state index in [2.05, 4.69) is 0 Å². The third kappa shape index (κ3) is 4.19. The summed E-state index contributed by atoms with van der Waals surface area (Å²) in [6.45, 7) is -0.482. The van der Waals surface area contributed by atoms with Gasteiger partial charge < -0.3 is 29.9 Å². The number of hydrogen-bond acceptors (Lipinski definition) is 7. The average Bonchev–Trinajstić information content (AvgIpc) is 3.01. The number of Topliss-reactive ketones (excluding diaryl/α,β-unsaturated/α-hetero) is 1. The van der Waals surface area contributed by atoms with Gasteiger partial charge in [-0.3, -0.25) is 4.79 Å². The summed E-state index contributed by atoms with van der Waals surface area (Å²) in [7, 11) is 1.53. The van der Waals surface area contributed by atoms with Crippen molar-refractivity contribution >= 4 is 17.4 Å². The SMILES string of the molecule is COC1CC(Cc2cc([C@@H]3O[C@H](CO)[C@@H](O)[C@H](O)[C@H]3O)ccc2Cl)CC1=O. The van der Waals surface area contributed by atoms with Crippen LogP contribution < -0.4 is 0 Å². The van der Waals surface area contributed by atoms with E-state index in [1.54, 1.807) is 18.2 Å². The van der Waals surface area contributed by atoms with E-state index in [0.29, 0.717) is 29.8 Å². The van der Waals surface area contributed by atoms with Gasteiger partial charge in [0.2, 0.25) is 0 Å². The second kappa shape index (κ2) is 8.53. The molecule has 0 spiro atoms. The molecule has 7 nitrogen and oxygen atoms in total. The zero-order chi connectivity index (χ0) is 19.7. The van der Waals surface area contributed by atoms with Crippen LogP contribution in [0, 0.1) is 5.92 Å². The Morgan fingerprint density at radius 3 is 2.59 bits per heavy atom. The fraction of sp³-hybridized carbons (Fsp3) is 0.632. The Kier molecular flexibility index (Phi) is 6.53. The maximum absolute atomic E-state index is 11.9. The molecule has 3 rings (SSSR count). The van der Waals surface area contributed by atoms with Gasteiger partial charge in [-0.2, -0.15) is 0 Å². The molecule has 0 aromatic heterocycles. The molecule has 0 amide bonds. The molecule has 1 aliphatic carbocycles. The lowest BCUT2D eigenvalue weighted by molar-refractivity contribution is -0.231. The fourth-order valence-electron chi connectivity index (χ4n) is 3.93. The molecule has 7 atom stereocenters. The number of carbonyl (C=O) groups is 1. The van der Waals surface area contributed by atoms with Gasteiger partial charge in [-0.05, 0) is 36.0 Å². The standard InChI is InChI=1S/C19H25ClO7/c1-26-14-6-9(5-13(14)22)4-11-7-10(2-3-12(11)20)19-18(25)17(24)16(23)15(8-21)27-19/h2-3,7,9,14-19,21,23-25H,4-6,8H2,1H3/t9?,14?,15-,16-,17+,18-,19+/m1/s1. The molecule has 1 saturated carbocycles. The molecule has 4 N–H and O–H groups in total. The van der Waals surface area contributed by atoms with Crippen molar-refractivity contribution in [1.82, 2.24) is 0 Å². The van der Waals surface area contributed by atoms with Crippen molar-refractivity contribution in [2.24, 2.45) is 5.92 Å². The Bertz CT molecular complexity index is 680. The zero-order valence-electron chi connectivity index (χ0n) is 15.0. The molecule has 1 aliphatic heterocycles. The van der Waals surface area contributed by atoms with Gasteiger partial charge >= 0.3 is 0 Å². The van der Waals surface area contributed by atoms with Crippen molar-refractivity contribution in [2.45, 2.75) is 55.9 Å². The minimum Gasteiger partial charge on any atom is -0.394 e. The van der Waals surface area contributed by atoms with Gasteiger partial charge in [0.15, 0.2) is 5.78 Å². The lowest BCUT2D eigenvalue weighted by Crippen LogP contribution is -2.55. The van der Waals surface area contributed by atoms with Crippen molar-refractivity contribution in [3.8, 4) is 0 Å². The van der Waals surface area contributed by atoms with Crippen molar-refractivity contribution in [3.05, 3.63) is 34.3 Å². The summed E-state index contributed by atoms with van der Waals surface area (Å²) in [5.41, 5.74) is 1.39. The molecule has 0 radical (unpaired) electrons. The van der Waals surface area contributed by atoms with Crippen LogP contribution >= 0.6 is 11.6 Å². The van der Waals surface area contributed by atoms with Crippen LogP contribution in [0.25, 0.3) is 0 Å². The maximum Gasteiger partial charge on any atom is 0.161 e. The third-order valence-corrected chi connectivity index (χ3v) is 5.85. The molecule has 1 saturated heterocycles. The van der Waals surface area contributed by atoms with Crippen molar-refractivity contribution in [3.63, 3.8) is 0 Å². The molecular formula is C19H25ClO7. The molecule has 27 heavy (non-hydrogen) atoms. The Morgan fingerprint density at radius 2 is 1.96 bits per heavy atom. The van der Waals surface area contributed by atoms with Crippen molar-refractivity contribution in [2.75, 3.05) is 13.7 Å². The number of ketones is 1. The van der Waals surface area contributed by atoms with E-state index < -0.39 is 37.1 Å². The highest BCUT2D eigenvalue weighted by molar-refractivity contribution is 6.31. The summed E-state index contributed by atoms with van der Waals surface area (Å²) in [4.78, 5) is 11.9. The molecule has 150 valence electrons. The zero-order valence-corrected chi connectivity index (χ0v) is 15.7. The average molecular weight is 401 g/mol. The Balaban J connectivity index is 1.79. The molecule has 2 aliphatic rings. The first-order valence-corrected chi connectivity index (χ1v) is 9.37. The van der Waals surface area contributed by atoms with Crippen molar-refractivity contribution < 1.29 is 34.7 Å². The normalized spacial score (nSPS) is 37.0. The van der Waals surface area contributed by atoms with Crippen molar-refractivity contribution in [1.29, 1.82) is 0 Å². The predicted molar refractivity (Wildman–Crippen MR) is 96.4 cm³/mol. The van der Waals surface area contributed by atoms with E-state index in [1.807, 2.05) is 0 Å². The molecule has 0 bridgehead atoms. The molecule has 1 aromatic rings. The quantitative estimate of drug-likeness (QED) is 0.565. The highest BCUT2D eigenvalue weighted by atomic mass is 35.5. The summed E-state index contributed by atoms with van der Waals surface area (Å²) < 4.78 is 10.8. The number of rotatable bonds is 5. The number of aliphatic hydroxyl groups excluding tert-OH is 4. The van der Waals surface area contributed by atoms with E-state index in [9.17, 15) is 25.2 Å².